The number of aromatic hydroxyl groups is 2. The Kier molecular flexibility index (Phi) is 11.3. The number of carbonyl (C=O) groups is 2. The molecule has 0 bridgehead atoms. The molecule has 4 N–H and O–H groups in total. The molecule has 0 unspecified atom stereocenters. The highest BCUT2D eigenvalue weighted by molar-refractivity contribution is 6.01. The van der Waals surface area contributed by atoms with Crippen LogP contribution in [-0.2, 0) is 9.59 Å². The fraction of sp³-hybridized carbons (Fsp3) is 0.385. The number of nitrogens with one attached hydrogen (secondary N) is 2. The van der Waals surface area contributed by atoms with Crippen LogP contribution in [0.4, 0.5) is 0 Å². The fourth-order valence-corrected chi connectivity index (χ4v) is 3.30. The lowest BCUT2D eigenvalue weighted by Gasteiger charge is -2.06. The first-order valence-corrected chi connectivity index (χ1v) is 11.7. The number of unbranched alkanes of at least 4 members (excludes halogenated alkanes) is 3. The largest absolute Gasteiger partial charge is 0.508 e. The smallest absolute Gasteiger partial charge is 0.240 e. The molecule has 0 saturated heterocycles. The van der Waals surface area contributed by atoms with Crippen LogP contribution in [0.25, 0.3) is 0 Å². The second-order valence-corrected chi connectivity index (χ2v) is 7.90. The summed E-state index contributed by atoms with van der Waals surface area (Å²) in [6.45, 7) is 3.91. The minimum Gasteiger partial charge on any atom is -0.508 e. The Balaban J connectivity index is 1.63. The van der Waals surface area contributed by atoms with Crippen LogP contribution in [0.1, 0.15) is 76.3 Å². The summed E-state index contributed by atoms with van der Waals surface area (Å²) in [5, 5.41) is 27.2. The maximum atomic E-state index is 12.1. The Hall–Kier alpha value is -3.68. The van der Waals surface area contributed by atoms with Gasteiger partial charge in [-0.2, -0.15) is 10.2 Å². The molecule has 2 rings (SSSR count). The normalized spacial score (nSPS) is 11.8. The third-order valence-electron chi connectivity index (χ3n) is 5.26. The Morgan fingerprint density at radius 3 is 1.32 bits per heavy atom. The minimum absolute atomic E-state index is 0.141. The van der Waals surface area contributed by atoms with E-state index in [1.807, 2.05) is 13.8 Å². The number of hydrogen-bond acceptors (Lipinski definition) is 6. The second kappa shape index (κ2) is 14.5. The molecule has 2 amide bonds. The molecular weight excluding hydrogens is 432 g/mol. The number of carbonyl (C=O) groups excluding carboxylic acids is 2. The fourth-order valence-electron chi connectivity index (χ4n) is 3.30. The highest BCUT2D eigenvalue weighted by Gasteiger charge is 2.06. The lowest BCUT2D eigenvalue weighted by molar-refractivity contribution is -0.122. The van der Waals surface area contributed by atoms with Gasteiger partial charge >= 0.3 is 0 Å². The molecule has 0 aromatic heterocycles. The van der Waals surface area contributed by atoms with Gasteiger partial charge in [-0.25, -0.2) is 10.9 Å². The minimum atomic E-state index is -0.141. The molecule has 8 heteroatoms. The molecule has 0 radical (unpaired) electrons. The van der Waals surface area contributed by atoms with Crippen LogP contribution in [0.2, 0.25) is 0 Å². The van der Waals surface area contributed by atoms with Gasteiger partial charge in [-0.1, -0.05) is 26.7 Å². The summed E-state index contributed by atoms with van der Waals surface area (Å²) in [5.41, 5.74) is 8.41. The first-order chi connectivity index (χ1) is 16.4. The molecule has 0 atom stereocenters. The van der Waals surface area contributed by atoms with Gasteiger partial charge in [-0.05, 0) is 85.3 Å². The van der Waals surface area contributed by atoms with Crippen molar-refractivity contribution in [3.8, 4) is 11.5 Å². The van der Waals surface area contributed by atoms with Gasteiger partial charge in [0.05, 0.1) is 11.4 Å². The van der Waals surface area contributed by atoms with Crippen LogP contribution < -0.4 is 10.9 Å². The summed E-state index contributed by atoms with van der Waals surface area (Å²) < 4.78 is 0. The number of phenols is 2. The Morgan fingerprint density at radius 2 is 1.00 bits per heavy atom. The SMILES string of the molecule is CCC(=NNC(=O)CCCCCCC(=O)NN=C(CC)c1ccc(O)cc1)c1ccc(O)cc1. The monoisotopic (exact) mass is 466 g/mol. The average Bonchev–Trinajstić information content (AvgIpc) is 2.84. The second-order valence-electron chi connectivity index (χ2n) is 7.90. The van der Waals surface area contributed by atoms with E-state index in [-0.39, 0.29) is 23.3 Å². The van der Waals surface area contributed by atoms with E-state index in [0.29, 0.717) is 25.7 Å². The average molecular weight is 467 g/mol. The van der Waals surface area contributed by atoms with Gasteiger partial charge in [0.15, 0.2) is 0 Å². The number of benzene rings is 2. The molecule has 0 aliphatic rings. The molecule has 2 aromatic rings. The Bertz CT molecular complexity index is 901. The van der Waals surface area contributed by atoms with Crippen molar-refractivity contribution in [2.24, 2.45) is 10.2 Å². The van der Waals surface area contributed by atoms with Crippen molar-refractivity contribution < 1.29 is 19.8 Å². The van der Waals surface area contributed by atoms with Gasteiger partial charge in [-0.15, -0.1) is 0 Å². The molecule has 0 fully saturated rings. The number of nitrogens with zero attached hydrogens (tertiary/aromatic N) is 2. The lowest BCUT2D eigenvalue weighted by atomic mass is 10.1. The van der Waals surface area contributed by atoms with E-state index in [2.05, 4.69) is 21.1 Å². The lowest BCUT2D eigenvalue weighted by Crippen LogP contribution is -2.20. The van der Waals surface area contributed by atoms with E-state index in [1.54, 1.807) is 48.5 Å². The van der Waals surface area contributed by atoms with Crippen molar-refractivity contribution in [1.29, 1.82) is 0 Å². The number of amides is 2. The zero-order valence-electron chi connectivity index (χ0n) is 19.9. The summed E-state index contributed by atoms with van der Waals surface area (Å²) in [6.07, 6.45) is 5.21. The van der Waals surface area contributed by atoms with Gasteiger partial charge in [0.2, 0.25) is 11.8 Å². The summed E-state index contributed by atoms with van der Waals surface area (Å²) in [7, 11) is 0. The summed E-state index contributed by atoms with van der Waals surface area (Å²) in [5.74, 6) is 0.0951. The summed E-state index contributed by atoms with van der Waals surface area (Å²) in [6, 6.07) is 13.4. The zero-order valence-corrected chi connectivity index (χ0v) is 19.9. The zero-order chi connectivity index (χ0) is 24.8. The van der Waals surface area contributed by atoms with Crippen molar-refractivity contribution in [2.45, 2.75) is 65.2 Å². The predicted octanol–water partition coefficient (Wildman–Crippen LogP) is 4.60. The van der Waals surface area contributed by atoms with Gasteiger partial charge < -0.3 is 10.2 Å². The maximum absolute atomic E-state index is 12.1. The van der Waals surface area contributed by atoms with E-state index in [4.69, 9.17) is 0 Å². The summed E-state index contributed by atoms with van der Waals surface area (Å²) >= 11 is 0. The maximum Gasteiger partial charge on any atom is 0.240 e. The highest BCUT2D eigenvalue weighted by atomic mass is 16.3. The number of hydrogen-bond donors (Lipinski definition) is 4. The van der Waals surface area contributed by atoms with Gasteiger partial charge in [0, 0.05) is 12.8 Å². The standard InChI is InChI=1S/C26H34N4O4/c1-3-23(19-11-15-21(31)16-12-19)27-29-25(33)9-7-5-6-8-10-26(34)30-28-24(4-2)20-13-17-22(32)18-14-20/h11-18,31-32H,3-10H2,1-2H3,(H,29,33)(H,30,34). The van der Waals surface area contributed by atoms with E-state index < -0.39 is 0 Å². The van der Waals surface area contributed by atoms with E-state index in [0.717, 1.165) is 48.2 Å². The molecule has 0 aliphatic carbocycles. The number of hydrazone groups is 2. The molecular formula is C26H34N4O4. The van der Waals surface area contributed by atoms with Crippen molar-refractivity contribution in [1.82, 2.24) is 10.9 Å². The highest BCUT2D eigenvalue weighted by Crippen LogP contribution is 2.13. The van der Waals surface area contributed by atoms with Crippen molar-refractivity contribution in [3.63, 3.8) is 0 Å². The van der Waals surface area contributed by atoms with E-state index in [9.17, 15) is 19.8 Å². The molecule has 0 spiro atoms. The molecule has 8 nitrogen and oxygen atoms in total. The number of phenolic OH excluding ortho intramolecular Hbond substituents is 2. The number of rotatable bonds is 13. The van der Waals surface area contributed by atoms with Gasteiger partial charge in [0.25, 0.3) is 0 Å². The van der Waals surface area contributed by atoms with Crippen LogP contribution in [0, 0.1) is 0 Å². The molecule has 0 saturated carbocycles. The Morgan fingerprint density at radius 1 is 0.647 bits per heavy atom. The van der Waals surface area contributed by atoms with Crippen LogP contribution in [0.5, 0.6) is 11.5 Å². The topological polar surface area (TPSA) is 123 Å². The Labute approximate surface area is 200 Å². The van der Waals surface area contributed by atoms with Crippen LogP contribution in [-0.4, -0.2) is 33.5 Å². The molecule has 34 heavy (non-hydrogen) atoms. The van der Waals surface area contributed by atoms with E-state index >= 15 is 0 Å². The molecule has 0 heterocycles. The van der Waals surface area contributed by atoms with Crippen molar-refractivity contribution in [3.05, 3.63) is 59.7 Å². The van der Waals surface area contributed by atoms with Crippen LogP contribution in [0.15, 0.2) is 58.7 Å². The quantitative estimate of drug-likeness (QED) is 0.196. The van der Waals surface area contributed by atoms with Crippen molar-refractivity contribution in [2.75, 3.05) is 0 Å². The third-order valence-corrected chi connectivity index (χ3v) is 5.26. The first kappa shape index (κ1) is 26.6. The van der Waals surface area contributed by atoms with Crippen LogP contribution >= 0.6 is 0 Å². The van der Waals surface area contributed by atoms with E-state index in [1.165, 1.54) is 0 Å². The predicted molar refractivity (Wildman–Crippen MR) is 134 cm³/mol. The van der Waals surface area contributed by atoms with Gasteiger partial charge in [0.1, 0.15) is 11.5 Å². The third kappa shape index (κ3) is 9.44. The van der Waals surface area contributed by atoms with Crippen LogP contribution in [0.3, 0.4) is 0 Å². The first-order valence-electron chi connectivity index (χ1n) is 11.7. The molecule has 182 valence electrons. The summed E-state index contributed by atoms with van der Waals surface area (Å²) in [4.78, 5) is 24.1. The molecule has 0 aliphatic heterocycles. The van der Waals surface area contributed by atoms with Crippen molar-refractivity contribution >= 4 is 23.2 Å². The van der Waals surface area contributed by atoms with Gasteiger partial charge in [-0.3, -0.25) is 9.59 Å². The molecule has 2 aromatic carbocycles.